The number of pyridine rings is 1. The largest absolute Gasteiger partial charge is 0.309 e. The highest BCUT2D eigenvalue weighted by Gasteiger charge is 2.29. The minimum absolute atomic E-state index is 0.182. The number of nitrogens with one attached hydrogen (secondary N) is 1. The molecule has 0 radical (unpaired) electrons. The van der Waals surface area contributed by atoms with Crippen LogP contribution in [0.5, 0.6) is 0 Å². The normalized spacial score (nSPS) is 26.0. The Hall–Kier alpha value is -1.00. The van der Waals surface area contributed by atoms with Crippen LogP contribution in [0.2, 0.25) is 0 Å². The predicted molar refractivity (Wildman–Crippen MR) is 84.5 cm³/mol. The summed E-state index contributed by atoms with van der Waals surface area (Å²) in [6, 6.07) is 3.48. The Morgan fingerprint density at radius 1 is 1.33 bits per heavy atom. The van der Waals surface area contributed by atoms with E-state index in [1.54, 1.807) is 6.07 Å². The molecule has 1 aliphatic rings. The van der Waals surface area contributed by atoms with Crippen LogP contribution in [0.4, 0.5) is 4.39 Å². The molecule has 1 saturated heterocycles. The van der Waals surface area contributed by atoms with Gasteiger partial charge >= 0.3 is 0 Å². The van der Waals surface area contributed by atoms with Crippen LogP contribution in [-0.4, -0.2) is 36.1 Å². The number of nitrogens with zero attached hydrogens (tertiary/aromatic N) is 2. The van der Waals surface area contributed by atoms with Gasteiger partial charge in [-0.3, -0.25) is 4.98 Å². The lowest BCUT2D eigenvalue weighted by Crippen LogP contribution is -2.35. The summed E-state index contributed by atoms with van der Waals surface area (Å²) in [6.07, 6.45) is 1.31. The summed E-state index contributed by atoms with van der Waals surface area (Å²) in [4.78, 5) is 6.82. The van der Waals surface area contributed by atoms with Gasteiger partial charge in [-0.15, -0.1) is 0 Å². The van der Waals surface area contributed by atoms with Gasteiger partial charge in [0.05, 0.1) is 17.9 Å². The molecule has 4 atom stereocenters. The lowest BCUT2D eigenvalue weighted by molar-refractivity contribution is 0.238. The van der Waals surface area contributed by atoms with E-state index in [2.05, 4.69) is 42.9 Å². The van der Waals surface area contributed by atoms with Gasteiger partial charge in [-0.05, 0) is 36.4 Å². The van der Waals surface area contributed by atoms with Gasteiger partial charge in [0.25, 0.3) is 0 Å². The van der Waals surface area contributed by atoms with Crippen molar-refractivity contribution in [2.75, 3.05) is 26.2 Å². The zero-order chi connectivity index (χ0) is 15.4. The lowest BCUT2D eigenvalue weighted by Gasteiger charge is -2.28. The third kappa shape index (κ3) is 4.24. The Balaban J connectivity index is 2.02. The number of rotatable bonds is 6. The van der Waals surface area contributed by atoms with Gasteiger partial charge in [-0.2, -0.15) is 0 Å². The first-order chi connectivity index (χ1) is 10.0. The highest BCUT2D eigenvalue weighted by molar-refractivity contribution is 5.11. The van der Waals surface area contributed by atoms with E-state index in [1.165, 1.54) is 25.4 Å². The van der Waals surface area contributed by atoms with Crippen molar-refractivity contribution in [3.05, 3.63) is 29.8 Å². The Labute approximate surface area is 127 Å². The van der Waals surface area contributed by atoms with Crippen LogP contribution < -0.4 is 5.32 Å². The van der Waals surface area contributed by atoms with Gasteiger partial charge in [0.15, 0.2) is 0 Å². The van der Waals surface area contributed by atoms with Crippen LogP contribution in [0.25, 0.3) is 0 Å². The average molecular weight is 293 g/mol. The molecule has 0 spiro atoms. The van der Waals surface area contributed by atoms with Gasteiger partial charge in [0.2, 0.25) is 0 Å². The van der Waals surface area contributed by atoms with Crippen LogP contribution in [0, 0.1) is 23.6 Å². The molecule has 1 fully saturated rings. The quantitative estimate of drug-likeness (QED) is 0.873. The second kappa shape index (κ2) is 7.32. The van der Waals surface area contributed by atoms with E-state index in [0.29, 0.717) is 5.92 Å². The van der Waals surface area contributed by atoms with Crippen LogP contribution in [0.15, 0.2) is 18.3 Å². The first kappa shape index (κ1) is 16.4. The van der Waals surface area contributed by atoms with E-state index in [1.807, 2.05) is 0 Å². The standard InChI is InChI=1S/C17H28FN3/c1-5-19-17(16-7-6-15(18)8-20-16)14(4)11-21-9-12(2)13(3)10-21/h6-8,12-14,17,19H,5,9-11H2,1-4H3. The van der Waals surface area contributed by atoms with Gasteiger partial charge < -0.3 is 10.2 Å². The fraction of sp³-hybridized carbons (Fsp3) is 0.706. The summed E-state index contributed by atoms with van der Waals surface area (Å²) < 4.78 is 13.1. The zero-order valence-electron chi connectivity index (χ0n) is 13.6. The monoisotopic (exact) mass is 293 g/mol. The summed E-state index contributed by atoms with van der Waals surface area (Å²) >= 11 is 0. The van der Waals surface area contributed by atoms with Crippen LogP contribution >= 0.6 is 0 Å². The van der Waals surface area contributed by atoms with Crippen molar-refractivity contribution < 1.29 is 4.39 Å². The Morgan fingerprint density at radius 2 is 2.00 bits per heavy atom. The number of halogens is 1. The number of likely N-dealkylation sites (tertiary alicyclic amines) is 1. The molecule has 3 nitrogen and oxygen atoms in total. The van der Waals surface area contributed by atoms with Crippen molar-refractivity contribution in [2.45, 2.75) is 33.7 Å². The molecule has 1 aromatic rings. The maximum atomic E-state index is 13.1. The summed E-state index contributed by atoms with van der Waals surface area (Å²) in [6.45, 7) is 13.3. The molecule has 1 N–H and O–H groups in total. The lowest BCUT2D eigenvalue weighted by atomic mass is 9.97. The van der Waals surface area contributed by atoms with Crippen molar-refractivity contribution in [2.24, 2.45) is 17.8 Å². The minimum atomic E-state index is -0.274. The van der Waals surface area contributed by atoms with Crippen molar-refractivity contribution in [1.29, 1.82) is 0 Å². The zero-order valence-corrected chi connectivity index (χ0v) is 13.6. The number of hydrogen-bond acceptors (Lipinski definition) is 3. The maximum absolute atomic E-state index is 13.1. The fourth-order valence-corrected chi connectivity index (χ4v) is 3.30. The molecule has 0 amide bonds. The number of hydrogen-bond donors (Lipinski definition) is 1. The third-order valence-electron chi connectivity index (χ3n) is 4.67. The molecule has 4 unspecified atom stereocenters. The molecule has 1 aliphatic heterocycles. The van der Waals surface area contributed by atoms with E-state index in [4.69, 9.17) is 0 Å². The molecule has 0 aliphatic carbocycles. The van der Waals surface area contributed by atoms with Crippen LogP contribution in [-0.2, 0) is 0 Å². The van der Waals surface area contributed by atoms with Crippen molar-refractivity contribution in [3.8, 4) is 0 Å². The molecule has 2 rings (SSSR count). The summed E-state index contributed by atoms with van der Waals surface area (Å²) in [5.74, 6) is 1.72. The Kier molecular flexibility index (Phi) is 5.71. The van der Waals surface area contributed by atoms with E-state index in [9.17, 15) is 4.39 Å². The maximum Gasteiger partial charge on any atom is 0.141 e. The summed E-state index contributed by atoms with van der Waals surface area (Å²) in [7, 11) is 0. The second-order valence-electron chi connectivity index (χ2n) is 6.59. The summed E-state index contributed by atoms with van der Waals surface area (Å²) in [5, 5.41) is 3.50. The predicted octanol–water partition coefficient (Wildman–Crippen LogP) is 3.10. The molecule has 0 aromatic carbocycles. The topological polar surface area (TPSA) is 28.2 Å². The van der Waals surface area contributed by atoms with Crippen LogP contribution in [0.3, 0.4) is 0 Å². The first-order valence-electron chi connectivity index (χ1n) is 8.08. The highest BCUT2D eigenvalue weighted by atomic mass is 19.1. The first-order valence-corrected chi connectivity index (χ1v) is 8.08. The van der Waals surface area contributed by atoms with Gasteiger partial charge in [0, 0.05) is 19.6 Å². The number of aromatic nitrogens is 1. The fourth-order valence-electron chi connectivity index (χ4n) is 3.30. The molecule has 118 valence electrons. The molecule has 2 heterocycles. The molecule has 1 aromatic heterocycles. The third-order valence-corrected chi connectivity index (χ3v) is 4.67. The Morgan fingerprint density at radius 3 is 2.52 bits per heavy atom. The average Bonchev–Trinajstić information content (AvgIpc) is 2.75. The smallest absolute Gasteiger partial charge is 0.141 e. The SMILES string of the molecule is CCNC(c1ccc(F)cn1)C(C)CN1CC(C)C(C)C1. The van der Waals surface area contributed by atoms with E-state index in [0.717, 1.165) is 30.6 Å². The van der Waals surface area contributed by atoms with Crippen molar-refractivity contribution in [1.82, 2.24) is 15.2 Å². The van der Waals surface area contributed by atoms with Gasteiger partial charge in [-0.25, -0.2) is 4.39 Å². The Bertz CT molecular complexity index is 424. The van der Waals surface area contributed by atoms with Crippen molar-refractivity contribution in [3.63, 3.8) is 0 Å². The van der Waals surface area contributed by atoms with Crippen LogP contribution in [0.1, 0.15) is 39.4 Å². The van der Waals surface area contributed by atoms with E-state index >= 15 is 0 Å². The van der Waals surface area contributed by atoms with E-state index < -0.39 is 0 Å². The molecular formula is C17H28FN3. The minimum Gasteiger partial charge on any atom is -0.309 e. The van der Waals surface area contributed by atoms with Gasteiger partial charge in [0.1, 0.15) is 5.82 Å². The highest BCUT2D eigenvalue weighted by Crippen LogP contribution is 2.26. The molecule has 21 heavy (non-hydrogen) atoms. The van der Waals surface area contributed by atoms with E-state index in [-0.39, 0.29) is 11.9 Å². The molecule has 0 bridgehead atoms. The second-order valence-corrected chi connectivity index (χ2v) is 6.59. The van der Waals surface area contributed by atoms with Crippen molar-refractivity contribution >= 4 is 0 Å². The summed E-state index contributed by atoms with van der Waals surface area (Å²) in [5.41, 5.74) is 0.936. The molecule has 4 heteroatoms. The molecule has 0 saturated carbocycles. The molecular weight excluding hydrogens is 265 g/mol. The van der Waals surface area contributed by atoms with Gasteiger partial charge in [-0.1, -0.05) is 27.7 Å².